The van der Waals surface area contributed by atoms with E-state index >= 15 is 0 Å². The standard InChI is InChI=1S/C14H21NO3/c1-18-14(17)9-3-2-4-15(8-9)13(16)12-6-10-5-11(10)7-12/h9-12H,2-8H2,1H3. The number of hydrogen-bond acceptors (Lipinski definition) is 3. The van der Waals surface area contributed by atoms with E-state index < -0.39 is 0 Å². The van der Waals surface area contributed by atoms with Crippen LogP contribution in [0.1, 0.15) is 32.1 Å². The number of hydrogen-bond donors (Lipinski definition) is 0. The van der Waals surface area contributed by atoms with Crippen LogP contribution in [0.25, 0.3) is 0 Å². The summed E-state index contributed by atoms with van der Waals surface area (Å²) < 4.78 is 4.79. The number of esters is 1. The first-order valence-corrected chi connectivity index (χ1v) is 7.05. The normalized spacial score (nSPS) is 38.2. The van der Waals surface area contributed by atoms with E-state index in [1.54, 1.807) is 0 Å². The van der Waals surface area contributed by atoms with Gasteiger partial charge in [0.15, 0.2) is 0 Å². The number of likely N-dealkylation sites (tertiary alicyclic amines) is 1. The summed E-state index contributed by atoms with van der Waals surface area (Å²) in [6.45, 7) is 1.38. The van der Waals surface area contributed by atoms with E-state index in [4.69, 9.17) is 4.74 Å². The Kier molecular flexibility index (Phi) is 3.04. The lowest BCUT2D eigenvalue weighted by Crippen LogP contribution is -2.45. The average Bonchev–Trinajstić information content (AvgIpc) is 3.03. The predicted molar refractivity (Wildman–Crippen MR) is 65.6 cm³/mol. The fourth-order valence-electron chi connectivity index (χ4n) is 3.71. The summed E-state index contributed by atoms with van der Waals surface area (Å²) in [5.41, 5.74) is 0. The first-order valence-electron chi connectivity index (χ1n) is 7.05. The Morgan fingerprint density at radius 2 is 1.83 bits per heavy atom. The van der Waals surface area contributed by atoms with Crippen molar-refractivity contribution >= 4 is 11.9 Å². The van der Waals surface area contributed by atoms with Gasteiger partial charge in [0.2, 0.25) is 5.91 Å². The highest BCUT2D eigenvalue weighted by molar-refractivity contribution is 5.81. The molecule has 0 aromatic carbocycles. The lowest BCUT2D eigenvalue weighted by Gasteiger charge is -2.33. The second-order valence-corrected chi connectivity index (χ2v) is 6.07. The van der Waals surface area contributed by atoms with Gasteiger partial charge in [0.1, 0.15) is 0 Å². The van der Waals surface area contributed by atoms with Crippen molar-refractivity contribution in [1.29, 1.82) is 0 Å². The summed E-state index contributed by atoms with van der Waals surface area (Å²) in [4.78, 5) is 25.9. The molecule has 4 nitrogen and oxygen atoms in total. The van der Waals surface area contributed by atoms with E-state index in [2.05, 4.69) is 0 Å². The van der Waals surface area contributed by atoms with Crippen molar-refractivity contribution in [3.05, 3.63) is 0 Å². The molecule has 0 spiro atoms. The third-order valence-electron chi connectivity index (χ3n) is 4.86. The van der Waals surface area contributed by atoms with Crippen molar-refractivity contribution < 1.29 is 14.3 Å². The smallest absolute Gasteiger partial charge is 0.310 e. The number of nitrogens with zero attached hydrogens (tertiary/aromatic N) is 1. The number of methoxy groups -OCH3 is 1. The highest BCUT2D eigenvalue weighted by Crippen LogP contribution is 2.54. The van der Waals surface area contributed by atoms with E-state index in [0.29, 0.717) is 6.54 Å². The molecule has 3 fully saturated rings. The number of carbonyl (C=O) groups excluding carboxylic acids is 2. The largest absolute Gasteiger partial charge is 0.469 e. The van der Waals surface area contributed by atoms with Gasteiger partial charge in [0.05, 0.1) is 13.0 Å². The summed E-state index contributed by atoms with van der Waals surface area (Å²) in [6.07, 6.45) is 5.29. The predicted octanol–water partition coefficient (Wildman–Crippen LogP) is 1.44. The molecule has 1 amide bonds. The zero-order valence-electron chi connectivity index (χ0n) is 10.9. The molecule has 0 bridgehead atoms. The average molecular weight is 251 g/mol. The maximum Gasteiger partial charge on any atom is 0.310 e. The highest BCUT2D eigenvalue weighted by Gasteiger charge is 2.49. The molecule has 100 valence electrons. The fraction of sp³-hybridized carbons (Fsp3) is 0.857. The first kappa shape index (κ1) is 12.0. The maximum absolute atomic E-state index is 12.4. The molecule has 1 heterocycles. The van der Waals surface area contributed by atoms with Crippen LogP contribution < -0.4 is 0 Å². The Morgan fingerprint density at radius 1 is 1.11 bits per heavy atom. The maximum atomic E-state index is 12.4. The van der Waals surface area contributed by atoms with Crippen LogP contribution in [0.2, 0.25) is 0 Å². The van der Waals surface area contributed by atoms with E-state index in [1.165, 1.54) is 13.5 Å². The van der Waals surface area contributed by atoms with Crippen molar-refractivity contribution in [2.45, 2.75) is 32.1 Å². The molecule has 0 radical (unpaired) electrons. The Hall–Kier alpha value is -1.06. The minimum absolute atomic E-state index is 0.108. The topological polar surface area (TPSA) is 46.6 Å². The van der Waals surface area contributed by atoms with Crippen LogP contribution >= 0.6 is 0 Å². The van der Waals surface area contributed by atoms with Gasteiger partial charge in [-0.2, -0.15) is 0 Å². The van der Waals surface area contributed by atoms with Gasteiger partial charge in [-0.3, -0.25) is 9.59 Å². The SMILES string of the molecule is COC(=O)C1CCCN(C(=O)C2CC3CC3C2)C1. The van der Waals surface area contributed by atoms with Gasteiger partial charge in [0, 0.05) is 19.0 Å². The quantitative estimate of drug-likeness (QED) is 0.698. The molecule has 0 N–H and O–H groups in total. The zero-order valence-corrected chi connectivity index (χ0v) is 10.9. The van der Waals surface area contributed by atoms with Crippen molar-refractivity contribution in [3.8, 4) is 0 Å². The van der Waals surface area contributed by atoms with Crippen LogP contribution in [0.5, 0.6) is 0 Å². The fourth-order valence-corrected chi connectivity index (χ4v) is 3.71. The number of amides is 1. The Morgan fingerprint density at radius 3 is 2.50 bits per heavy atom. The monoisotopic (exact) mass is 251 g/mol. The van der Waals surface area contributed by atoms with Crippen LogP contribution in [-0.4, -0.2) is 37.0 Å². The lowest BCUT2D eigenvalue weighted by atomic mass is 9.95. The molecule has 3 unspecified atom stereocenters. The zero-order chi connectivity index (χ0) is 12.7. The van der Waals surface area contributed by atoms with E-state index in [1.807, 2.05) is 4.90 Å². The molecule has 4 heteroatoms. The Balaban J connectivity index is 1.58. The summed E-state index contributed by atoms with van der Waals surface area (Å²) >= 11 is 0. The molecular formula is C14H21NO3. The lowest BCUT2D eigenvalue weighted by molar-refractivity contribution is -0.149. The molecule has 0 aromatic heterocycles. The van der Waals surface area contributed by atoms with Crippen molar-refractivity contribution in [3.63, 3.8) is 0 Å². The Labute approximate surface area is 108 Å². The van der Waals surface area contributed by atoms with Crippen LogP contribution in [0.4, 0.5) is 0 Å². The van der Waals surface area contributed by atoms with Crippen molar-refractivity contribution in [2.75, 3.05) is 20.2 Å². The third-order valence-corrected chi connectivity index (χ3v) is 4.86. The van der Waals surface area contributed by atoms with Gasteiger partial charge in [-0.1, -0.05) is 0 Å². The molecule has 3 rings (SSSR count). The van der Waals surface area contributed by atoms with Gasteiger partial charge in [-0.25, -0.2) is 0 Å². The number of rotatable bonds is 2. The molecular weight excluding hydrogens is 230 g/mol. The molecule has 1 aliphatic heterocycles. The van der Waals surface area contributed by atoms with Gasteiger partial charge < -0.3 is 9.64 Å². The minimum atomic E-state index is -0.165. The van der Waals surface area contributed by atoms with Crippen LogP contribution in [0.3, 0.4) is 0 Å². The molecule has 3 atom stereocenters. The highest BCUT2D eigenvalue weighted by atomic mass is 16.5. The van der Waals surface area contributed by atoms with Gasteiger partial charge in [-0.15, -0.1) is 0 Å². The Bertz CT molecular complexity index is 358. The summed E-state index contributed by atoms with van der Waals surface area (Å²) in [5.74, 6) is 1.92. The van der Waals surface area contributed by atoms with Crippen molar-refractivity contribution in [1.82, 2.24) is 4.90 Å². The number of piperidine rings is 1. The van der Waals surface area contributed by atoms with Gasteiger partial charge in [-0.05, 0) is 43.9 Å². The summed E-state index contributed by atoms with van der Waals surface area (Å²) in [7, 11) is 1.42. The first-order chi connectivity index (χ1) is 8.69. The molecule has 2 saturated carbocycles. The molecule has 1 saturated heterocycles. The second kappa shape index (κ2) is 4.56. The second-order valence-electron chi connectivity index (χ2n) is 6.07. The van der Waals surface area contributed by atoms with E-state index in [9.17, 15) is 9.59 Å². The van der Waals surface area contributed by atoms with Crippen LogP contribution in [-0.2, 0) is 14.3 Å². The molecule has 3 aliphatic rings. The van der Waals surface area contributed by atoms with Crippen LogP contribution in [0.15, 0.2) is 0 Å². The number of fused-ring (bicyclic) bond motifs is 1. The third kappa shape index (κ3) is 2.13. The van der Waals surface area contributed by atoms with E-state index in [0.717, 1.165) is 44.1 Å². The van der Waals surface area contributed by atoms with E-state index in [-0.39, 0.29) is 23.7 Å². The molecule has 0 aromatic rings. The number of ether oxygens (including phenoxy) is 1. The van der Waals surface area contributed by atoms with Gasteiger partial charge >= 0.3 is 5.97 Å². The van der Waals surface area contributed by atoms with Crippen molar-refractivity contribution in [2.24, 2.45) is 23.7 Å². The number of carbonyl (C=O) groups is 2. The molecule has 2 aliphatic carbocycles. The summed E-state index contributed by atoms with van der Waals surface area (Å²) in [6, 6.07) is 0. The minimum Gasteiger partial charge on any atom is -0.469 e. The summed E-state index contributed by atoms with van der Waals surface area (Å²) in [5, 5.41) is 0. The van der Waals surface area contributed by atoms with Crippen LogP contribution in [0, 0.1) is 23.7 Å². The molecule has 18 heavy (non-hydrogen) atoms. The van der Waals surface area contributed by atoms with Gasteiger partial charge in [0.25, 0.3) is 0 Å².